The minimum absolute atomic E-state index is 0.0429. The van der Waals surface area contributed by atoms with Gasteiger partial charge in [-0.15, -0.1) is 0 Å². The molecule has 1 fully saturated rings. The lowest BCUT2D eigenvalue weighted by Crippen LogP contribution is -2.45. The summed E-state index contributed by atoms with van der Waals surface area (Å²) in [5, 5.41) is 5.05. The number of primary sulfonamides is 1. The molecule has 104 valence electrons. The maximum atomic E-state index is 11.2. The first-order valence-corrected chi connectivity index (χ1v) is 7.87. The molecule has 1 aliphatic rings. The summed E-state index contributed by atoms with van der Waals surface area (Å²) in [5.74, 6) is 1.29. The summed E-state index contributed by atoms with van der Waals surface area (Å²) in [6, 6.07) is 13.5. The van der Waals surface area contributed by atoms with Crippen LogP contribution in [0.2, 0.25) is 0 Å². The van der Waals surface area contributed by atoms with Crippen LogP contribution in [0.15, 0.2) is 53.6 Å². The molecule has 0 radical (unpaired) electrons. The molecule has 0 atom stereocenters. The molecule has 0 saturated carbocycles. The number of pyridine rings is 1. The largest absolute Gasteiger partial charge is 0.355 e. The summed E-state index contributed by atoms with van der Waals surface area (Å²) in [6.45, 7) is 1.79. The molecule has 2 heterocycles. The minimum atomic E-state index is -3.67. The molecule has 1 aliphatic heterocycles. The molecule has 5 nitrogen and oxygen atoms in total. The van der Waals surface area contributed by atoms with E-state index in [-0.39, 0.29) is 4.90 Å². The molecule has 0 amide bonds. The van der Waals surface area contributed by atoms with Crippen molar-refractivity contribution in [3.63, 3.8) is 0 Å². The summed E-state index contributed by atoms with van der Waals surface area (Å²) in [7, 11) is -3.67. The number of aromatic nitrogens is 1. The fourth-order valence-corrected chi connectivity index (χ4v) is 2.79. The first-order chi connectivity index (χ1) is 9.54. The number of rotatable bonds is 3. The van der Waals surface area contributed by atoms with Crippen molar-refractivity contribution in [2.24, 2.45) is 5.14 Å². The highest BCUT2D eigenvalue weighted by molar-refractivity contribution is 7.89. The zero-order valence-corrected chi connectivity index (χ0v) is 11.6. The van der Waals surface area contributed by atoms with Crippen LogP contribution in [0, 0.1) is 0 Å². The molecular formula is C14H15N3O2S. The Bertz CT molecular complexity index is 693. The van der Waals surface area contributed by atoms with E-state index in [1.54, 1.807) is 6.07 Å². The number of hydrogen-bond donors (Lipinski definition) is 1. The zero-order chi connectivity index (χ0) is 14.2. The molecular weight excluding hydrogens is 274 g/mol. The van der Waals surface area contributed by atoms with E-state index in [2.05, 4.69) is 22.0 Å². The Morgan fingerprint density at radius 2 is 1.80 bits per heavy atom. The molecule has 1 aromatic carbocycles. The average molecular weight is 289 g/mol. The Morgan fingerprint density at radius 1 is 1.10 bits per heavy atom. The van der Waals surface area contributed by atoms with Gasteiger partial charge in [-0.3, -0.25) is 0 Å². The third-order valence-corrected chi connectivity index (χ3v) is 4.42. The maximum Gasteiger partial charge on any atom is 0.239 e. The van der Waals surface area contributed by atoms with Crippen LogP contribution in [-0.2, 0) is 10.0 Å². The smallest absolute Gasteiger partial charge is 0.239 e. The number of nitrogens with zero attached hydrogens (tertiary/aromatic N) is 2. The molecule has 2 aromatic rings. The average Bonchev–Trinajstić information content (AvgIpc) is 2.38. The molecule has 0 unspecified atom stereocenters. The van der Waals surface area contributed by atoms with Crippen LogP contribution in [0.5, 0.6) is 0 Å². The summed E-state index contributed by atoms with van der Waals surface area (Å²) in [5.41, 5.74) is 1.32. The van der Waals surface area contributed by atoms with E-state index in [0.29, 0.717) is 5.92 Å². The molecule has 1 aromatic heterocycles. The van der Waals surface area contributed by atoms with E-state index in [1.165, 1.54) is 17.8 Å². The molecule has 6 heteroatoms. The number of anilines is 1. The van der Waals surface area contributed by atoms with Gasteiger partial charge in [-0.1, -0.05) is 30.3 Å². The summed E-state index contributed by atoms with van der Waals surface area (Å²) >= 11 is 0. The molecule has 0 spiro atoms. The second-order valence-corrected chi connectivity index (χ2v) is 6.47. The van der Waals surface area contributed by atoms with Crippen molar-refractivity contribution in [3.05, 3.63) is 54.2 Å². The van der Waals surface area contributed by atoms with Crippen molar-refractivity contribution in [1.29, 1.82) is 0 Å². The molecule has 20 heavy (non-hydrogen) atoms. The Kier molecular flexibility index (Phi) is 3.19. The van der Waals surface area contributed by atoms with E-state index in [1.807, 2.05) is 18.2 Å². The van der Waals surface area contributed by atoms with Crippen LogP contribution >= 0.6 is 0 Å². The summed E-state index contributed by atoms with van der Waals surface area (Å²) in [6.07, 6.45) is 1.31. The van der Waals surface area contributed by atoms with Crippen molar-refractivity contribution >= 4 is 15.8 Å². The van der Waals surface area contributed by atoms with E-state index in [9.17, 15) is 8.42 Å². The maximum absolute atomic E-state index is 11.2. The van der Waals surface area contributed by atoms with Crippen molar-refractivity contribution in [3.8, 4) is 0 Å². The van der Waals surface area contributed by atoms with Gasteiger partial charge >= 0.3 is 0 Å². The van der Waals surface area contributed by atoms with Gasteiger partial charge in [0.25, 0.3) is 0 Å². The number of benzene rings is 1. The fourth-order valence-electron chi connectivity index (χ4n) is 2.33. The van der Waals surface area contributed by atoms with Gasteiger partial charge < -0.3 is 4.90 Å². The van der Waals surface area contributed by atoms with Gasteiger partial charge in [0.1, 0.15) is 10.7 Å². The van der Waals surface area contributed by atoms with E-state index in [0.717, 1.165) is 18.9 Å². The molecule has 1 saturated heterocycles. The highest BCUT2D eigenvalue weighted by Crippen LogP contribution is 2.30. The second kappa shape index (κ2) is 4.88. The number of nitrogens with two attached hydrogens (primary N) is 1. The lowest BCUT2D eigenvalue weighted by atomic mass is 9.91. The van der Waals surface area contributed by atoms with Gasteiger partial charge in [0, 0.05) is 25.2 Å². The lowest BCUT2D eigenvalue weighted by Gasteiger charge is -2.40. The summed E-state index contributed by atoms with van der Waals surface area (Å²) in [4.78, 5) is 6.32. The molecule has 0 aliphatic carbocycles. The first kappa shape index (κ1) is 13.1. The van der Waals surface area contributed by atoms with Crippen molar-refractivity contribution in [1.82, 2.24) is 4.98 Å². The number of sulfonamides is 1. The van der Waals surface area contributed by atoms with Crippen LogP contribution in [-0.4, -0.2) is 26.5 Å². The monoisotopic (exact) mass is 289 g/mol. The third-order valence-electron chi connectivity index (χ3n) is 3.53. The first-order valence-electron chi connectivity index (χ1n) is 6.33. The Labute approximate surface area is 118 Å². The third kappa shape index (κ3) is 2.52. The van der Waals surface area contributed by atoms with Gasteiger partial charge in [0.15, 0.2) is 0 Å². The van der Waals surface area contributed by atoms with Crippen LogP contribution in [0.3, 0.4) is 0 Å². The lowest BCUT2D eigenvalue weighted by molar-refractivity contribution is 0.519. The Hall–Kier alpha value is -1.92. The van der Waals surface area contributed by atoms with E-state index in [4.69, 9.17) is 5.14 Å². The van der Waals surface area contributed by atoms with Gasteiger partial charge in [0.05, 0.1) is 0 Å². The highest BCUT2D eigenvalue weighted by atomic mass is 32.2. The SMILES string of the molecule is NS(=O)(=O)c1ccc(N2CC(c3ccccc3)C2)nc1. The van der Waals surface area contributed by atoms with Crippen LogP contribution in [0.25, 0.3) is 0 Å². The zero-order valence-electron chi connectivity index (χ0n) is 10.8. The van der Waals surface area contributed by atoms with Crippen LogP contribution < -0.4 is 10.0 Å². The Balaban J connectivity index is 1.69. The predicted octanol–water partition coefficient (Wildman–Crippen LogP) is 1.33. The standard InChI is InChI=1S/C14H15N3O2S/c15-20(18,19)13-6-7-14(16-8-13)17-9-12(10-17)11-4-2-1-3-5-11/h1-8,12H,9-10H2,(H2,15,18,19). The number of hydrogen-bond acceptors (Lipinski definition) is 4. The molecule has 3 rings (SSSR count). The Morgan fingerprint density at radius 3 is 2.35 bits per heavy atom. The van der Waals surface area contributed by atoms with Crippen molar-refractivity contribution in [2.75, 3.05) is 18.0 Å². The second-order valence-electron chi connectivity index (χ2n) is 4.91. The van der Waals surface area contributed by atoms with E-state index >= 15 is 0 Å². The molecule has 2 N–H and O–H groups in total. The van der Waals surface area contributed by atoms with Crippen LogP contribution in [0.4, 0.5) is 5.82 Å². The quantitative estimate of drug-likeness (QED) is 0.925. The highest BCUT2D eigenvalue weighted by Gasteiger charge is 2.28. The minimum Gasteiger partial charge on any atom is -0.355 e. The predicted molar refractivity (Wildman–Crippen MR) is 77.0 cm³/mol. The van der Waals surface area contributed by atoms with Gasteiger partial charge in [-0.05, 0) is 17.7 Å². The van der Waals surface area contributed by atoms with Crippen molar-refractivity contribution in [2.45, 2.75) is 10.8 Å². The normalized spacial score (nSPS) is 15.9. The van der Waals surface area contributed by atoms with Gasteiger partial charge in [-0.2, -0.15) is 0 Å². The van der Waals surface area contributed by atoms with Crippen LogP contribution in [0.1, 0.15) is 11.5 Å². The fraction of sp³-hybridized carbons (Fsp3) is 0.214. The molecule has 0 bridgehead atoms. The van der Waals surface area contributed by atoms with Gasteiger partial charge in [-0.25, -0.2) is 18.5 Å². The van der Waals surface area contributed by atoms with E-state index < -0.39 is 10.0 Å². The van der Waals surface area contributed by atoms with Crippen molar-refractivity contribution < 1.29 is 8.42 Å². The topological polar surface area (TPSA) is 76.3 Å². The van der Waals surface area contributed by atoms with Gasteiger partial charge in [0.2, 0.25) is 10.0 Å². The summed E-state index contributed by atoms with van der Waals surface area (Å²) < 4.78 is 22.3.